The van der Waals surface area contributed by atoms with Crippen LogP contribution in [0.4, 0.5) is 0 Å². The first kappa shape index (κ1) is 17.4. The average Bonchev–Trinajstić information content (AvgIpc) is 2.72. The Morgan fingerprint density at radius 2 is 2.00 bits per heavy atom. The van der Waals surface area contributed by atoms with E-state index in [2.05, 4.69) is 10.6 Å². The monoisotopic (exact) mass is 302 g/mol. The molecule has 1 aliphatic heterocycles. The maximum Gasteiger partial charge on any atom is 0.326 e. The number of hydrogen-bond acceptors (Lipinski definition) is 6. The summed E-state index contributed by atoms with van der Waals surface area (Å²) in [7, 11) is 0. The molecule has 4 N–H and O–H groups in total. The summed E-state index contributed by atoms with van der Waals surface area (Å²) in [5.74, 6) is -2.56. The molecule has 0 radical (unpaired) electrons. The number of aliphatic hydroxyl groups excluding tert-OH is 1. The Bertz CT molecular complexity index is 417. The van der Waals surface area contributed by atoms with E-state index in [1.54, 1.807) is 20.8 Å². The van der Waals surface area contributed by atoms with Crippen LogP contribution in [0.5, 0.6) is 0 Å². The zero-order chi connectivity index (χ0) is 16.2. The van der Waals surface area contributed by atoms with Crippen molar-refractivity contribution in [3.8, 4) is 0 Å². The van der Waals surface area contributed by atoms with Gasteiger partial charge in [0, 0.05) is 6.54 Å². The summed E-state index contributed by atoms with van der Waals surface area (Å²) in [6.07, 6.45) is -0.868. The highest BCUT2D eigenvalue weighted by atomic mass is 16.6. The summed E-state index contributed by atoms with van der Waals surface area (Å²) in [4.78, 5) is 34.6. The van der Waals surface area contributed by atoms with E-state index in [-0.39, 0.29) is 13.0 Å². The maximum absolute atomic E-state index is 11.9. The van der Waals surface area contributed by atoms with Gasteiger partial charge < -0.3 is 25.6 Å². The Hall–Kier alpha value is -1.67. The molecule has 120 valence electrons. The van der Waals surface area contributed by atoms with Crippen LogP contribution in [0.1, 0.15) is 33.6 Å². The van der Waals surface area contributed by atoms with Crippen molar-refractivity contribution in [2.75, 3.05) is 6.54 Å². The number of aliphatic carboxylic acids is 1. The number of ether oxygens (including phenoxy) is 1. The highest BCUT2D eigenvalue weighted by Crippen LogP contribution is 2.10. The van der Waals surface area contributed by atoms with Gasteiger partial charge in [0.05, 0.1) is 18.6 Å². The lowest BCUT2D eigenvalue weighted by atomic mass is 10.1. The Kier molecular flexibility index (Phi) is 5.68. The molecule has 8 heteroatoms. The standard InChI is InChI=1S/C13H22N2O6/c1-13(2,3)21-10(17)5-9(12(19)20)15-11(18)8-4-7(16)6-14-8/h7-9,14,16H,4-6H2,1-3H3,(H,15,18)(H,19,20)/t7?,8?,9-/m0/s1. The Balaban J connectivity index is 2.56. The second-order valence-corrected chi connectivity index (χ2v) is 6.04. The number of hydrogen-bond donors (Lipinski definition) is 4. The van der Waals surface area contributed by atoms with Crippen molar-refractivity contribution >= 4 is 17.8 Å². The Labute approximate surface area is 122 Å². The van der Waals surface area contributed by atoms with Crippen molar-refractivity contribution in [3.63, 3.8) is 0 Å². The van der Waals surface area contributed by atoms with E-state index in [0.717, 1.165) is 0 Å². The van der Waals surface area contributed by atoms with Crippen LogP contribution in [0.25, 0.3) is 0 Å². The summed E-state index contributed by atoms with van der Waals surface area (Å²) in [6, 6.07) is -2.01. The molecule has 0 aromatic heterocycles. The quantitative estimate of drug-likeness (QED) is 0.480. The minimum Gasteiger partial charge on any atom is -0.480 e. The third-order valence-electron chi connectivity index (χ3n) is 2.83. The van der Waals surface area contributed by atoms with Gasteiger partial charge in [-0.25, -0.2) is 4.79 Å². The number of aliphatic hydroxyl groups is 1. The molecule has 1 heterocycles. The lowest BCUT2D eigenvalue weighted by molar-refractivity contribution is -0.158. The number of amides is 1. The average molecular weight is 302 g/mol. The molecule has 2 unspecified atom stereocenters. The molecular formula is C13H22N2O6. The molecule has 1 saturated heterocycles. The van der Waals surface area contributed by atoms with Crippen LogP contribution in [0.15, 0.2) is 0 Å². The minimum atomic E-state index is -1.35. The summed E-state index contributed by atoms with van der Waals surface area (Å²) < 4.78 is 5.03. The molecule has 1 amide bonds. The fraction of sp³-hybridized carbons (Fsp3) is 0.769. The number of rotatable bonds is 5. The molecule has 1 fully saturated rings. The number of carbonyl (C=O) groups is 3. The first-order chi connectivity index (χ1) is 9.58. The maximum atomic E-state index is 11.9. The van der Waals surface area contributed by atoms with Crippen LogP contribution >= 0.6 is 0 Å². The zero-order valence-corrected chi connectivity index (χ0v) is 12.4. The van der Waals surface area contributed by atoms with Crippen LogP contribution in [0.3, 0.4) is 0 Å². The molecule has 0 bridgehead atoms. The van der Waals surface area contributed by atoms with Gasteiger partial charge in [-0.1, -0.05) is 0 Å². The predicted molar refractivity (Wildman–Crippen MR) is 72.4 cm³/mol. The summed E-state index contributed by atoms with van der Waals surface area (Å²) in [5.41, 5.74) is -0.721. The van der Waals surface area contributed by atoms with E-state index >= 15 is 0 Å². The molecule has 8 nitrogen and oxygen atoms in total. The fourth-order valence-electron chi connectivity index (χ4n) is 1.94. The summed E-state index contributed by atoms with van der Waals surface area (Å²) in [6.45, 7) is 5.29. The number of nitrogens with one attached hydrogen (secondary N) is 2. The van der Waals surface area contributed by atoms with E-state index in [9.17, 15) is 19.5 Å². The third kappa shape index (κ3) is 6.09. The normalized spacial score (nSPS) is 23.4. The van der Waals surface area contributed by atoms with Crippen molar-refractivity contribution in [1.82, 2.24) is 10.6 Å². The highest BCUT2D eigenvalue weighted by Gasteiger charge is 2.32. The number of carbonyl (C=O) groups excluding carboxylic acids is 2. The van der Waals surface area contributed by atoms with Crippen LogP contribution in [-0.2, 0) is 19.1 Å². The van der Waals surface area contributed by atoms with Crippen molar-refractivity contribution in [1.29, 1.82) is 0 Å². The number of carboxylic acids is 1. The van der Waals surface area contributed by atoms with Gasteiger partial charge in [0.15, 0.2) is 0 Å². The van der Waals surface area contributed by atoms with Gasteiger partial charge in [-0.05, 0) is 27.2 Å². The molecule has 0 saturated carbocycles. The van der Waals surface area contributed by atoms with Gasteiger partial charge in [-0.3, -0.25) is 9.59 Å². The van der Waals surface area contributed by atoms with Crippen molar-refractivity contribution in [2.24, 2.45) is 0 Å². The molecule has 3 atom stereocenters. The van der Waals surface area contributed by atoms with E-state index < -0.39 is 48.1 Å². The predicted octanol–water partition coefficient (Wildman–Crippen LogP) is -0.990. The largest absolute Gasteiger partial charge is 0.480 e. The Morgan fingerprint density at radius 1 is 1.38 bits per heavy atom. The zero-order valence-electron chi connectivity index (χ0n) is 12.4. The van der Waals surface area contributed by atoms with Gasteiger partial charge in [0.25, 0.3) is 0 Å². The fourth-order valence-corrected chi connectivity index (χ4v) is 1.94. The van der Waals surface area contributed by atoms with E-state index in [4.69, 9.17) is 9.84 Å². The minimum absolute atomic E-state index is 0.213. The molecule has 1 rings (SSSR count). The molecule has 0 aliphatic carbocycles. The van der Waals surface area contributed by atoms with E-state index in [1.807, 2.05) is 0 Å². The Morgan fingerprint density at radius 3 is 2.43 bits per heavy atom. The second-order valence-electron chi connectivity index (χ2n) is 6.04. The second kappa shape index (κ2) is 6.86. The molecule has 21 heavy (non-hydrogen) atoms. The lowest BCUT2D eigenvalue weighted by Gasteiger charge is -2.22. The number of esters is 1. The number of β-amino-alcohol motifs (C(OH)–C–C–N with tert-alkyl or cyclic N) is 1. The van der Waals surface area contributed by atoms with Gasteiger partial charge in [-0.15, -0.1) is 0 Å². The van der Waals surface area contributed by atoms with Gasteiger partial charge in [0.1, 0.15) is 11.6 Å². The van der Waals surface area contributed by atoms with Crippen molar-refractivity contribution < 1.29 is 29.3 Å². The third-order valence-corrected chi connectivity index (χ3v) is 2.83. The molecular weight excluding hydrogens is 280 g/mol. The van der Waals surface area contributed by atoms with Crippen LogP contribution < -0.4 is 10.6 Å². The van der Waals surface area contributed by atoms with E-state index in [1.165, 1.54) is 0 Å². The molecule has 0 aromatic rings. The van der Waals surface area contributed by atoms with Gasteiger partial charge in [0.2, 0.25) is 5.91 Å². The van der Waals surface area contributed by atoms with Gasteiger partial charge in [-0.2, -0.15) is 0 Å². The molecule has 0 aromatic carbocycles. The van der Waals surface area contributed by atoms with Crippen molar-refractivity contribution in [3.05, 3.63) is 0 Å². The topological polar surface area (TPSA) is 125 Å². The first-order valence-corrected chi connectivity index (χ1v) is 6.75. The SMILES string of the molecule is CC(C)(C)OC(=O)C[C@H](NC(=O)C1CC(O)CN1)C(=O)O. The molecule has 0 spiro atoms. The van der Waals surface area contributed by atoms with Crippen molar-refractivity contribution in [2.45, 2.75) is 57.4 Å². The van der Waals surface area contributed by atoms with E-state index in [0.29, 0.717) is 0 Å². The van der Waals surface area contributed by atoms with Crippen LogP contribution in [0.2, 0.25) is 0 Å². The van der Waals surface area contributed by atoms with Gasteiger partial charge >= 0.3 is 11.9 Å². The highest BCUT2D eigenvalue weighted by molar-refractivity contribution is 5.89. The smallest absolute Gasteiger partial charge is 0.326 e. The number of carboxylic acid groups (broad SMARTS) is 1. The molecule has 1 aliphatic rings. The summed E-state index contributed by atoms with van der Waals surface area (Å²) in [5, 5.41) is 23.5. The van der Waals surface area contributed by atoms with Crippen LogP contribution in [0, 0.1) is 0 Å². The summed E-state index contributed by atoms with van der Waals surface area (Å²) >= 11 is 0. The first-order valence-electron chi connectivity index (χ1n) is 6.75. The lowest BCUT2D eigenvalue weighted by Crippen LogP contribution is -2.49. The van der Waals surface area contributed by atoms with Crippen LogP contribution in [-0.4, -0.2) is 58.4 Å².